The maximum Gasteiger partial charge on any atom is 0.410 e. The predicted octanol–water partition coefficient (Wildman–Crippen LogP) is 3.30. The highest BCUT2D eigenvalue weighted by molar-refractivity contribution is 7.91. The number of ether oxygens (including phenoxy) is 2. The number of alkyl carbamates (subject to hydrolysis) is 1. The van der Waals surface area contributed by atoms with Crippen molar-refractivity contribution in [2.45, 2.75) is 113 Å². The fraction of sp³-hybridized carbons (Fsp3) is 0.605. The van der Waals surface area contributed by atoms with E-state index in [4.69, 9.17) is 9.47 Å². The first kappa shape index (κ1) is 36.9. The molecule has 4 fully saturated rings. The Bertz CT molecular complexity index is 1790. The molecule has 14 nitrogen and oxygen atoms in total. The molecule has 286 valence electrons. The molecule has 53 heavy (non-hydrogen) atoms. The van der Waals surface area contributed by atoms with Crippen LogP contribution in [0.4, 0.5) is 9.59 Å². The second kappa shape index (κ2) is 15.2. The van der Waals surface area contributed by atoms with E-state index in [-0.39, 0.29) is 31.9 Å². The summed E-state index contributed by atoms with van der Waals surface area (Å²) in [5, 5.41) is 4.95. The van der Waals surface area contributed by atoms with Crippen LogP contribution in [-0.4, -0.2) is 96.8 Å². The van der Waals surface area contributed by atoms with Crippen LogP contribution in [0.5, 0.6) is 0 Å². The standard InChI is InChI=1S/C38H49N5O9S/c1-2-27-21-38(27,35(46)41-53(49,50)29-15-16-29)40-33(44)31-20-28-23-43(31)34(45)32(25-11-5-3-6-12-25)39-36(47)51-19-8-4-7-10-24-13-9-14-26-22-42(37(48)52-28)18-17-30(24)26/h2,7,9-10,13-14,25,27-29,31-32H,1,3-6,8,11-12,15-23H2,(H,39,47)(H,40,44)(H,41,46)/t27-,28-,31+,32+,38-/m1/s1. The molecule has 1 aromatic carbocycles. The molecule has 0 unspecified atom stereocenters. The molecule has 15 heteroatoms. The maximum absolute atomic E-state index is 14.6. The molecule has 4 aliphatic heterocycles. The molecule has 3 aliphatic carbocycles. The third-order valence-corrected chi connectivity index (χ3v) is 13.5. The summed E-state index contributed by atoms with van der Waals surface area (Å²) in [6.07, 6.45) is 10.5. The lowest BCUT2D eigenvalue weighted by Crippen LogP contribution is -2.59. The molecule has 0 aromatic heterocycles. The fourth-order valence-corrected chi connectivity index (χ4v) is 9.70. The average molecular weight is 752 g/mol. The summed E-state index contributed by atoms with van der Waals surface area (Å²) in [6, 6.07) is 3.81. The lowest BCUT2D eigenvalue weighted by molar-refractivity contribution is -0.142. The summed E-state index contributed by atoms with van der Waals surface area (Å²) < 4.78 is 39.1. The van der Waals surface area contributed by atoms with Gasteiger partial charge in [-0.1, -0.05) is 55.7 Å². The van der Waals surface area contributed by atoms with E-state index in [9.17, 15) is 32.4 Å². The van der Waals surface area contributed by atoms with Gasteiger partial charge in [0.2, 0.25) is 21.8 Å². The highest BCUT2D eigenvalue weighted by Crippen LogP contribution is 2.45. The molecule has 5 atom stereocenters. The Labute approximate surface area is 310 Å². The van der Waals surface area contributed by atoms with Crippen LogP contribution in [-0.2, 0) is 46.8 Å². The molecule has 3 saturated carbocycles. The lowest BCUT2D eigenvalue weighted by atomic mass is 9.83. The van der Waals surface area contributed by atoms with E-state index in [2.05, 4.69) is 28.0 Å². The molecule has 1 aromatic rings. The molecule has 3 N–H and O–H groups in total. The van der Waals surface area contributed by atoms with Crippen LogP contribution in [0.3, 0.4) is 0 Å². The number of nitrogens with one attached hydrogen (secondary N) is 3. The van der Waals surface area contributed by atoms with Gasteiger partial charge in [0.15, 0.2) is 0 Å². The summed E-state index contributed by atoms with van der Waals surface area (Å²) in [6.45, 7) is 4.60. The number of benzene rings is 1. The second-order valence-electron chi connectivity index (χ2n) is 15.3. The van der Waals surface area contributed by atoms with Crippen LogP contribution in [0.1, 0.15) is 87.3 Å². The van der Waals surface area contributed by atoms with Gasteiger partial charge in [-0.25, -0.2) is 18.0 Å². The third kappa shape index (κ3) is 7.95. The highest BCUT2D eigenvalue weighted by Gasteiger charge is 2.62. The van der Waals surface area contributed by atoms with Crippen LogP contribution in [0.25, 0.3) is 6.08 Å². The molecular weight excluding hydrogens is 703 g/mol. The van der Waals surface area contributed by atoms with Crippen LogP contribution >= 0.6 is 0 Å². The first-order valence-electron chi connectivity index (χ1n) is 19.0. The topological polar surface area (TPSA) is 181 Å². The third-order valence-electron chi connectivity index (χ3n) is 11.6. The summed E-state index contributed by atoms with van der Waals surface area (Å²) in [5.41, 5.74) is 1.67. The molecule has 7 aliphatic rings. The zero-order valence-corrected chi connectivity index (χ0v) is 30.7. The van der Waals surface area contributed by atoms with Gasteiger partial charge < -0.3 is 29.9 Å². The van der Waals surface area contributed by atoms with Gasteiger partial charge in [0.05, 0.1) is 18.4 Å². The minimum atomic E-state index is -3.90. The van der Waals surface area contributed by atoms with E-state index < -0.39 is 74.8 Å². The van der Waals surface area contributed by atoms with Crippen molar-refractivity contribution in [2.24, 2.45) is 11.8 Å². The van der Waals surface area contributed by atoms with Gasteiger partial charge in [-0.3, -0.25) is 19.1 Å². The lowest BCUT2D eigenvalue weighted by Gasteiger charge is -2.34. The van der Waals surface area contributed by atoms with Crippen molar-refractivity contribution in [2.75, 3.05) is 19.7 Å². The number of carbonyl (C=O) groups excluding carboxylic acids is 5. The van der Waals surface area contributed by atoms with Gasteiger partial charge in [0.1, 0.15) is 23.7 Å². The van der Waals surface area contributed by atoms with Crippen LogP contribution < -0.4 is 15.4 Å². The molecule has 4 heterocycles. The normalized spacial score (nSPS) is 29.8. The van der Waals surface area contributed by atoms with Crippen molar-refractivity contribution in [1.29, 1.82) is 0 Å². The molecule has 1 saturated heterocycles. The van der Waals surface area contributed by atoms with E-state index >= 15 is 0 Å². The van der Waals surface area contributed by atoms with Crippen molar-refractivity contribution in [3.63, 3.8) is 0 Å². The van der Waals surface area contributed by atoms with Crippen LogP contribution in [0, 0.1) is 11.8 Å². The Hall–Kier alpha value is -4.40. The smallest absolute Gasteiger partial charge is 0.410 e. The van der Waals surface area contributed by atoms with E-state index in [1.165, 1.54) is 11.0 Å². The number of fused-ring (bicyclic) bond motifs is 10. The summed E-state index contributed by atoms with van der Waals surface area (Å²) >= 11 is 0. The zero-order chi connectivity index (χ0) is 37.3. The highest BCUT2D eigenvalue weighted by atomic mass is 32.2. The minimum Gasteiger partial charge on any atom is -0.450 e. The van der Waals surface area contributed by atoms with Crippen molar-refractivity contribution >= 4 is 46.0 Å². The van der Waals surface area contributed by atoms with Crippen molar-refractivity contribution in [3.05, 3.63) is 53.6 Å². The summed E-state index contributed by atoms with van der Waals surface area (Å²) in [4.78, 5) is 72.1. The maximum atomic E-state index is 14.6. The number of amides is 5. The van der Waals surface area contributed by atoms with Gasteiger partial charge in [0, 0.05) is 25.4 Å². The molecule has 6 bridgehead atoms. The number of allylic oxidation sites excluding steroid dienone is 1. The van der Waals surface area contributed by atoms with Crippen LogP contribution in [0.15, 0.2) is 36.9 Å². The van der Waals surface area contributed by atoms with Crippen molar-refractivity contribution in [3.8, 4) is 0 Å². The minimum absolute atomic E-state index is 0.0542. The Morgan fingerprint density at radius 1 is 1.06 bits per heavy atom. The van der Waals surface area contributed by atoms with E-state index in [1.807, 2.05) is 24.3 Å². The van der Waals surface area contributed by atoms with Crippen molar-refractivity contribution in [1.82, 2.24) is 25.2 Å². The molecule has 0 spiro atoms. The first-order chi connectivity index (χ1) is 25.5. The van der Waals surface area contributed by atoms with Crippen LogP contribution in [0.2, 0.25) is 0 Å². The Morgan fingerprint density at radius 2 is 1.85 bits per heavy atom. The fourth-order valence-electron chi connectivity index (χ4n) is 8.33. The number of hydrogen-bond donors (Lipinski definition) is 3. The van der Waals surface area contributed by atoms with Gasteiger partial charge in [-0.05, 0) is 74.0 Å². The summed E-state index contributed by atoms with van der Waals surface area (Å²) in [5.74, 6) is -2.77. The van der Waals surface area contributed by atoms with Gasteiger partial charge in [-0.15, -0.1) is 6.58 Å². The number of hydrogen-bond acceptors (Lipinski definition) is 9. The number of carbonyl (C=O) groups is 5. The monoisotopic (exact) mass is 751 g/mol. The van der Waals surface area contributed by atoms with E-state index in [0.717, 1.165) is 36.0 Å². The van der Waals surface area contributed by atoms with Gasteiger partial charge in [0.25, 0.3) is 5.91 Å². The predicted molar refractivity (Wildman–Crippen MR) is 193 cm³/mol. The Kier molecular flexibility index (Phi) is 10.6. The average Bonchev–Trinajstić information content (AvgIpc) is 4.08. The van der Waals surface area contributed by atoms with Gasteiger partial charge >= 0.3 is 12.2 Å². The number of rotatable bonds is 7. The largest absolute Gasteiger partial charge is 0.450 e. The molecular formula is C38H49N5O9S. The SMILES string of the molecule is C=C[C@@H]1C[C@]1(NC(=O)[C@@H]1C[C@@H]2CN1C(=O)[C@H](C1CCCCC1)NC(=O)OCCCC=Cc1cccc3c1CCN(C3)C(=O)O2)C(=O)NS(=O)(=O)C1CC1. The van der Waals surface area contributed by atoms with E-state index in [0.29, 0.717) is 58.0 Å². The van der Waals surface area contributed by atoms with Crippen molar-refractivity contribution < 1.29 is 41.9 Å². The number of sulfonamides is 1. The molecule has 8 rings (SSSR count). The quantitative estimate of drug-likeness (QED) is 0.353. The van der Waals surface area contributed by atoms with E-state index in [1.54, 1.807) is 4.90 Å². The molecule has 0 radical (unpaired) electrons. The molecule has 5 amide bonds. The Balaban J connectivity index is 1.16. The zero-order valence-electron chi connectivity index (χ0n) is 29.9. The second-order valence-corrected chi connectivity index (χ2v) is 17.2. The number of nitrogens with zero attached hydrogens (tertiary/aromatic N) is 2. The first-order valence-corrected chi connectivity index (χ1v) is 20.5. The summed E-state index contributed by atoms with van der Waals surface area (Å²) in [7, 11) is -3.90. The van der Waals surface area contributed by atoms with Gasteiger partial charge in [-0.2, -0.15) is 0 Å². The Morgan fingerprint density at radius 3 is 2.58 bits per heavy atom.